The topological polar surface area (TPSA) is 25.8 Å². The van der Waals surface area contributed by atoms with Gasteiger partial charge in [-0.2, -0.15) is 0 Å². The van der Waals surface area contributed by atoms with Gasteiger partial charge in [-0.3, -0.25) is 0 Å². The Balaban J connectivity index is 1.63. The molecule has 0 radical (unpaired) electrons. The molecule has 4 aromatic carbocycles. The van der Waals surface area contributed by atoms with Crippen LogP contribution < -0.4 is 0 Å². The smallest absolute Gasteiger partial charge is 0.161 e. The zero-order valence-electron chi connectivity index (χ0n) is 17.2. The summed E-state index contributed by atoms with van der Waals surface area (Å²) in [6.07, 6.45) is 0. The van der Waals surface area contributed by atoms with E-state index in [1.165, 1.54) is 35.8 Å². The number of benzene rings is 4. The fraction of sp³-hybridized carbons (Fsp3) is 0. The molecule has 3 aromatic heterocycles. The van der Waals surface area contributed by atoms with Crippen molar-refractivity contribution in [2.24, 2.45) is 0 Å². The molecular formula is C28H15BrN2S2. The summed E-state index contributed by atoms with van der Waals surface area (Å²) in [7, 11) is 0. The summed E-state index contributed by atoms with van der Waals surface area (Å²) in [6, 6.07) is 31.9. The molecule has 0 atom stereocenters. The number of hydrogen-bond acceptors (Lipinski definition) is 4. The zero-order chi connectivity index (χ0) is 21.9. The van der Waals surface area contributed by atoms with Gasteiger partial charge in [0.1, 0.15) is 0 Å². The van der Waals surface area contributed by atoms with Crippen molar-refractivity contribution in [2.45, 2.75) is 0 Å². The lowest BCUT2D eigenvalue weighted by molar-refractivity contribution is 1.24. The first kappa shape index (κ1) is 19.4. The Labute approximate surface area is 206 Å². The fourth-order valence-corrected chi connectivity index (χ4v) is 7.30. The summed E-state index contributed by atoms with van der Waals surface area (Å²) in [5, 5.41) is 3.76. The van der Waals surface area contributed by atoms with Crippen molar-refractivity contribution in [3.05, 3.63) is 95.5 Å². The van der Waals surface area contributed by atoms with Gasteiger partial charge in [-0.05, 0) is 18.2 Å². The number of rotatable bonds is 2. The van der Waals surface area contributed by atoms with E-state index < -0.39 is 0 Å². The van der Waals surface area contributed by atoms with Crippen LogP contribution in [0.5, 0.6) is 0 Å². The van der Waals surface area contributed by atoms with Crippen LogP contribution in [0, 0.1) is 0 Å². The third kappa shape index (κ3) is 2.97. The van der Waals surface area contributed by atoms with Crippen LogP contribution in [0.15, 0.2) is 95.5 Å². The van der Waals surface area contributed by atoms with Gasteiger partial charge in [0.05, 0.1) is 15.9 Å². The van der Waals surface area contributed by atoms with Gasteiger partial charge in [0.25, 0.3) is 0 Å². The third-order valence-electron chi connectivity index (χ3n) is 5.99. The van der Waals surface area contributed by atoms with Gasteiger partial charge < -0.3 is 0 Å². The van der Waals surface area contributed by atoms with Crippen LogP contribution in [0.4, 0.5) is 0 Å². The van der Waals surface area contributed by atoms with Crippen molar-refractivity contribution in [2.75, 3.05) is 0 Å². The molecule has 5 heteroatoms. The predicted octanol–water partition coefficient (Wildman–Crippen LogP) is 9.31. The second-order valence-corrected chi connectivity index (χ2v) is 10.9. The Hall–Kier alpha value is -3.12. The van der Waals surface area contributed by atoms with Crippen molar-refractivity contribution >= 4 is 79.1 Å². The minimum Gasteiger partial charge on any atom is -0.226 e. The zero-order valence-corrected chi connectivity index (χ0v) is 20.5. The number of thiophene rings is 2. The summed E-state index contributed by atoms with van der Waals surface area (Å²) in [5.41, 5.74) is 4.19. The normalized spacial score (nSPS) is 11.8. The first-order valence-electron chi connectivity index (χ1n) is 10.6. The van der Waals surface area contributed by atoms with Crippen LogP contribution in [0.1, 0.15) is 0 Å². The molecule has 7 rings (SSSR count). The number of hydrogen-bond donors (Lipinski definition) is 0. The summed E-state index contributed by atoms with van der Waals surface area (Å²) in [6.45, 7) is 0. The summed E-state index contributed by atoms with van der Waals surface area (Å²) in [5.74, 6) is 0.742. The van der Waals surface area contributed by atoms with E-state index in [0.717, 1.165) is 31.8 Å². The Morgan fingerprint density at radius 1 is 0.545 bits per heavy atom. The highest BCUT2D eigenvalue weighted by Gasteiger charge is 2.19. The minimum absolute atomic E-state index is 0.742. The van der Waals surface area contributed by atoms with E-state index in [1.54, 1.807) is 11.3 Å². The molecule has 156 valence electrons. The van der Waals surface area contributed by atoms with Crippen molar-refractivity contribution in [1.29, 1.82) is 0 Å². The molecule has 0 N–H and O–H groups in total. The largest absolute Gasteiger partial charge is 0.226 e. The van der Waals surface area contributed by atoms with E-state index in [0.29, 0.717) is 0 Å². The molecule has 0 unspecified atom stereocenters. The van der Waals surface area contributed by atoms with E-state index in [2.05, 4.69) is 88.7 Å². The molecule has 0 spiro atoms. The number of nitrogens with zero attached hydrogens (tertiary/aromatic N) is 2. The highest BCUT2D eigenvalue weighted by molar-refractivity contribution is 9.10. The number of halogens is 1. The van der Waals surface area contributed by atoms with Crippen molar-refractivity contribution in [1.82, 2.24) is 9.97 Å². The van der Waals surface area contributed by atoms with Gasteiger partial charge in [-0.1, -0.05) is 88.7 Å². The van der Waals surface area contributed by atoms with Crippen LogP contribution >= 0.6 is 38.6 Å². The number of fused-ring (bicyclic) bond motifs is 6. The predicted molar refractivity (Wildman–Crippen MR) is 146 cm³/mol. The fourth-order valence-electron chi connectivity index (χ4n) is 4.47. The third-order valence-corrected chi connectivity index (χ3v) is 9.07. The quantitative estimate of drug-likeness (QED) is 0.226. The highest BCUT2D eigenvalue weighted by atomic mass is 79.9. The van der Waals surface area contributed by atoms with E-state index in [4.69, 9.17) is 9.97 Å². The maximum Gasteiger partial charge on any atom is 0.161 e. The molecule has 0 saturated carbocycles. The van der Waals surface area contributed by atoms with Gasteiger partial charge in [-0.25, -0.2) is 9.97 Å². The Kier molecular flexibility index (Phi) is 4.37. The van der Waals surface area contributed by atoms with Gasteiger partial charge in [-0.15, -0.1) is 22.7 Å². The first-order chi connectivity index (χ1) is 16.3. The SMILES string of the molecule is Brc1ccccc1-c1nc(-c2cccc3c2sc2ccccc23)c2sc3ccccc3c2n1. The lowest BCUT2D eigenvalue weighted by Gasteiger charge is -2.09. The van der Waals surface area contributed by atoms with Gasteiger partial charge in [0.15, 0.2) is 5.82 Å². The Morgan fingerprint density at radius 2 is 1.18 bits per heavy atom. The van der Waals surface area contributed by atoms with Gasteiger partial charge >= 0.3 is 0 Å². The summed E-state index contributed by atoms with van der Waals surface area (Å²) in [4.78, 5) is 10.3. The maximum absolute atomic E-state index is 5.19. The lowest BCUT2D eigenvalue weighted by Crippen LogP contribution is -1.94. The van der Waals surface area contributed by atoms with Crippen molar-refractivity contribution in [3.8, 4) is 22.6 Å². The molecular weight excluding hydrogens is 508 g/mol. The molecule has 0 saturated heterocycles. The van der Waals surface area contributed by atoms with Crippen molar-refractivity contribution in [3.63, 3.8) is 0 Å². The molecule has 0 aliphatic heterocycles. The minimum atomic E-state index is 0.742. The van der Waals surface area contributed by atoms with Crippen molar-refractivity contribution < 1.29 is 0 Å². The van der Waals surface area contributed by atoms with E-state index in [9.17, 15) is 0 Å². The first-order valence-corrected chi connectivity index (χ1v) is 13.1. The molecule has 33 heavy (non-hydrogen) atoms. The van der Waals surface area contributed by atoms with E-state index in [-0.39, 0.29) is 0 Å². The Morgan fingerprint density at radius 3 is 2.03 bits per heavy atom. The van der Waals surface area contributed by atoms with Crippen LogP contribution in [-0.4, -0.2) is 9.97 Å². The average Bonchev–Trinajstić information content (AvgIpc) is 3.42. The molecule has 2 nitrogen and oxygen atoms in total. The van der Waals surface area contributed by atoms with Gasteiger partial charge in [0.2, 0.25) is 0 Å². The molecule has 0 fully saturated rings. The lowest BCUT2D eigenvalue weighted by atomic mass is 10.1. The van der Waals surface area contributed by atoms with Crippen LogP contribution in [0.2, 0.25) is 0 Å². The Bertz CT molecular complexity index is 1850. The molecule has 7 aromatic rings. The molecule has 0 aliphatic rings. The second kappa shape index (κ2) is 7.45. The highest BCUT2D eigenvalue weighted by Crippen LogP contribution is 2.44. The maximum atomic E-state index is 5.19. The molecule has 0 bridgehead atoms. The van der Waals surface area contributed by atoms with E-state index >= 15 is 0 Å². The standard InChI is InChI=1S/C28H15BrN2S2/c29-21-13-4-1-9-18(21)28-30-24-19-10-3-6-15-23(19)33-27(24)25(31-28)20-12-7-11-17-16-8-2-5-14-22(16)32-26(17)20/h1-15H. The van der Waals surface area contributed by atoms with Gasteiger partial charge in [0, 0.05) is 45.9 Å². The van der Waals surface area contributed by atoms with Crippen LogP contribution in [0.3, 0.4) is 0 Å². The average molecular weight is 523 g/mol. The van der Waals surface area contributed by atoms with Crippen LogP contribution in [0.25, 0.3) is 63.1 Å². The van der Waals surface area contributed by atoms with E-state index in [1.807, 2.05) is 29.5 Å². The summed E-state index contributed by atoms with van der Waals surface area (Å²) >= 11 is 7.32. The molecule has 0 aliphatic carbocycles. The molecule has 0 amide bonds. The monoisotopic (exact) mass is 522 g/mol. The molecule has 3 heterocycles. The summed E-state index contributed by atoms with van der Waals surface area (Å²) < 4.78 is 5.93. The number of aromatic nitrogens is 2. The van der Waals surface area contributed by atoms with Crippen LogP contribution in [-0.2, 0) is 0 Å². The second-order valence-electron chi connectivity index (χ2n) is 7.93.